The van der Waals surface area contributed by atoms with Crippen molar-refractivity contribution in [2.24, 2.45) is 0 Å². The predicted molar refractivity (Wildman–Crippen MR) is 145 cm³/mol. The number of aliphatic hydroxyl groups is 1. The summed E-state index contributed by atoms with van der Waals surface area (Å²) in [5.41, 5.74) is 0.281. The topological polar surface area (TPSA) is 111 Å². The third kappa shape index (κ3) is 6.47. The number of nitrogens with zero attached hydrogens (tertiary/aromatic N) is 4. The zero-order chi connectivity index (χ0) is 26.6. The van der Waals surface area contributed by atoms with Crippen LogP contribution in [0.5, 0.6) is 0 Å². The molecule has 0 spiro atoms. The average molecular weight is 541 g/mol. The number of sulfonamides is 1. The highest BCUT2D eigenvalue weighted by molar-refractivity contribution is 7.89. The zero-order valence-electron chi connectivity index (χ0n) is 21.2. The second kappa shape index (κ2) is 11.3. The van der Waals surface area contributed by atoms with E-state index in [0.717, 1.165) is 25.9 Å². The van der Waals surface area contributed by atoms with Crippen LogP contribution in [0.3, 0.4) is 0 Å². The van der Waals surface area contributed by atoms with Crippen molar-refractivity contribution in [2.45, 2.75) is 42.6 Å². The average Bonchev–Trinajstić information content (AvgIpc) is 2.91. The second-order valence-electron chi connectivity index (χ2n) is 10.1. The first-order valence-electron chi connectivity index (χ1n) is 13.0. The highest BCUT2D eigenvalue weighted by Gasteiger charge is 2.40. The molecule has 1 atom stereocenters. The second-order valence-corrected chi connectivity index (χ2v) is 12.0. The summed E-state index contributed by atoms with van der Waals surface area (Å²) in [5, 5.41) is 17.4. The Morgan fingerprint density at radius 1 is 0.895 bits per heavy atom. The summed E-state index contributed by atoms with van der Waals surface area (Å²) >= 11 is 0. The maximum absolute atomic E-state index is 13.4. The van der Waals surface area contributed by atoms with E-state index in [-0.39, 0.29) is 17.3 Å². The fraction of sp³-hybridized carbons (Fsp3) is 0.407. The molecule has 3 aromatic rings. The molecule has 0 aliphatic carbocycles. The Labute approximate surface area is 222 Å². The number of β-amino-alcohol motifs (C(OH)–C–C–N with tert-alkyl or cyclic N) is 1. The molecule has 0 bridgehead atoms. The lowest BCUT2D eigenvalue weighted by Gasteiger charge is -2.42. The molecule has 5 rings (SSSR count). The monoisotopic (exact) mass is 540 g/mol. The van der Waals surface area contributed by atoms with Crippen molar-refractivity contribution in [3.05, 3.63) is 66.6 Å². The number of benzene rings is 2. The van der Waals surface area contributed by atoms with Crippen LogP contribution in [0.1, 0.15) is 32.1 Å². The first kappa shape index (κ1) is 26.5. The van der Waals surface area contributed by atoms with E-state index in [4.69, 9.17) is 0 Å². The van der Waals surface area contributed by atoms with E-state index >= 15 is 0 Å². The van der Waals surface area contributed by atoms with Gasteiger partial charge in [0.15, 0.2) is 0 Å². The van der Waals surface area contributed by atoms with Crippen molar-refractivity contribution in [3.8, 4) is 0 Å². The molecule has 0 radical (unpaired) electrons. The lowest BCUT2D eigenvalue weighted by Crippen LogP contribution is -2.56. The highest BCUT2D eigenvalue weighted by atomic mass is 32.2. The summed E-state index contributed by atoms with van der Waals surface area (Å²) in [5.74, 6) is 0.529. The van der Waals surface area contributed by atoms with Gasteiger partial charge in [0.05, 0.1) is 10.5 Å². The first-order chi connectivity index (χ1) is 18.3. The maximum Gasteiger partial charge on any atom is 0.243 e. The van der Waals surface area contributed by atoms with Gasteiger partial charge >= 0.3 is 0 Å². The lowest BCUT2D eigenvalue weighted by molar-refractivity contribution is -0.0379. The molecule has 202 valence electrons. The van der Waals surface area contributed by atoms with Crippen LogP contribution in [0, 0.1) is 5.82 Å². The molecule has 2 aliphatic heterocycles. The molecule has 9 nitrogen and oxygen atoms in total. The van der Waals surface area contributed by atoms with E-state index in [0.29, 0.717) is 49.1 Å². The van der Waals surface area contributed by atoms with E-state index in [1.165, 1.54) is 22.9 Å². The minimum absolute atomic E-state index is 0.105. The standard InChI is InChI=1S/C27H33FN6O3S/c28-21-5-7-22(8-6-21)30-25-13-15-29-26(32-25)31-23-9-11-24(12-10-23)38(36,37)34-18-4-14-27(35,20-34)19-33-16-2-1-3-17-33/h5-13,15,35H,1-4,14,16-20H2,(H2,29,30,31,32). The van der Waals surface area contributed by atoms with Crippen molar-refractivity contribution >= 4 is 33.2 Å². The molecule has 0 amide bonds. The Bertz CT molecular complexity index is 1330. The Morgan fingerprint density at radius 2 is 1.58 bits per heavy atom. The van der Waals surface area contributed by atoms with Crippen molar-refractivity contribution < 1.29 is 17.9 Å². The van der Waals surface area contributed by atoms with Gasteiger partial charge in [0.1, 0.15) is 11.6 Å². The maximum atomic E-state index is 13.4. The number of likely N-dealkylation sites (tertiary alicyclic amines) is 1. The van der Waals surface area contributed by atoms with Gasteiger partial charge in [0, 0.05) is 37.2 Å². The van der Waals surface area contributed by atoms with Gasteiger partial charge < -0.3 is 20.6 Å². The van der Waals surface area contributed by atoms with E-state index in [1.54, 1.807) is 48.7 Å². The predicted octanol–water partition coefficient (Wildman–Crippen LogP) is 4.10. The Morgan fingerprint density at radius 3 is 2.32 bits per heavy atom. The molecule has 1 unspecified atom stereocenters. The molecule has 0 saturated carbocycles. The minimum Gasteiger partial charge on any atom is -0.387 e. The molecule has 2 fully saturated rings. The van der Waals surface area contributed by atoms with Gasteiger partial charge in [-0.25, -0.2) is 17.8 Å². The first-order valence-corrected chi connectivity index (χ1v) is 14.4. The van der Waals surface area contributed by atoms with E-state index < -0.39 is 15.6 Å². The van der Waals surface area contributed by atoms with Crippen LogP contribution in [-0.2, 0) is 10.0 Å². The molecule has 2 aromatic carbocycles. The summed E-state index contributed by atoms with van der Waals surface area (Å²) in [4.78, 5) is 11.1. The highest BCUT2D eigenvalue weighted by Crippen LogP contribution is 2.29. The van der Waals surface area contributed by atoms with Crippen LogP contribution in [0.2, 0.25) is 0 Å². The number of halogens is 1. The number of rotatable bonds is 8. The van der Waals surface area contributed by atoms with Crippen molar-refractivity contribution in [2.75, 3.05) is 43.4 Å². The molecule has 2 aliphatic rings. The molecule has 2 saturated heterocycles. The number of hydrogen-bond acceptors (Lipinski definition) is 8. The van der Waals surface area contributed by atoms with Crippen LogP contribution in [-0.4, -0.2) is 71.0 Å². The number of nitrogens with one attached hydrogen (secondary N) is 2. The molecule has 11 heteroatoms. The van der Waals surface area contributed by atoms with Crippen LogP contribution in [0.25, 0.3) is 0 Å². The van der Waals surface area contributed by atoms with Gasteiger partial charge in [-0.2, -0.15) is 9.29 Å². The van der Waals surface area contributed by atoms with Crippen molar-refractivity contribution in [3.63, 3.8) is 0 Å². The number of anilines is 4. The fourth-order valence-electron chi connectivity index (χ4n) is 5.10. The van der Waals surface area contributed by atoms with E-state index in [1.807, 2.05) is 0 Å². The molecule has 38 heavy (non-hydrogen) atoms. The SMILES string of the molecule is O=S(=O)(c1ccc(Nc2nccc(Nc3ccc(F)cc3)n2)cc1)N1CCCC(O)(CN2CCCCC2)C1. The summed E-state index contributed by atoms with van der Waals surface area (Å²) in [7, 11) is -3.75. The van der Waals surface area contributed by atoms with Crippen LogP contribution >= 0.6 is 0 Å². The third-order valence-electron chi connectivity index (χ3n) is 7.01. The van der Waals surface area contributed by atoms with Gasteiger partial charge in [0.25, 0.3) is 0 Å². The van der Waals surface area contributed by atoms with Gasteiger partial charge in [-0.3, -0.25) is 0 Å². The summed E-state index contributed by atoms with van der Waals surface area (Å²) < 4.78 is 41.4. The Balaban J connectivity index is 1.23. The Kier molecular flexibility index (Phi) is 7.89. The lowest BCUT2D eigenvalue weighted by atomic mass is 9.93. The summed E-state index contributed by atoms with van der Waals surface area (Å²) in [6.45, 7) is 2.92. The fourth-order valence-corrected chi connectivity index (χ4v) is 6.65. The van der Waals surface area contributed by atoms with Crippen molar-refractivity contribution in [1.29, 1.82) is 0 Å². The number of aromatic nitrogens is 2. The van der Waals surface area contributed by atoms with E-state index in [2.05, 4.69) is 25.5 Å². The number of piperidine rings is 2. The molecule has 3 heterocycles. The third-order valence-corrected chi connectivity index (χ3v) is 8.87. The number of hydrogen-bond donors (Lipinski definition) is 3. The van der Waals surface area contributed by atoms with Gasteiger partial charge in [-0.05, 0) is 93.4 Å². The van der Waals surface area contributed by atoms with Crippen LogP contribution < -0.4 is 10.6 Å². The zero-order valence-corrected chi connectivity index (χ0v) is 22.0. The summed E-state index contributed by atoms with van der Waals surface area (Å²) in [6.07, 6.45) is 6.28. The van der Waals surface area contributed by atoms with Crippen LogP contribution in [0.15, 0.2) is 65.7 Å². The van der Waals surface area contributed by atoms with Gasteiger partial charge in [-0.1, -0.05) is 6.42 Å². The molecular weight excluding hydrogens is 507 g/mol. The van der Waals surface area contributed by atoms with Gasteiger partial charge in [-0.15, -0.1) is 0 Å². The minimum atomic E-state index is -3.75. The molecule has 3 N–H and O–H groups in total. The van der Waals surface area contributed by atoms with Crippen LogP contribution in [0.4, 0.5) is 27.5 Å². The van der Waals surface area contributed by atoms with Crippen molar-refractivity contribution in [1.82, 2.24) is 19.2 Å². The smallest absolute Gasteiger partial charge is 0.243 e. The Hall–Kier alpha value is -3.12. The molecular formula is C27H33FN6O3S. The van der Waals surface area contributed by atoms with E-state index in [9.17, 15) is 17.9 Å². The van der Waals surface area contributed by atoms with Gasteiger partial charge in [0.2, 0.25) is 16.0 Å². The quantitative estimate of drug-likeness (QED) is 0.392. The normalized spacial score (nSPS) is 21.2. The summed E-state index contributed by atoms with van der Waals surface area (Å²) in [6, 6.07) is 14.1. The molecule has 1 aromatic heterocycles. The largest absolute Gasteiger partial charge is 0.387 e.